The Hall–Kier alpha value is -2.44. The zero-order valence-electron chi connectivity index (χ0n) is 27.4. The van der Waals surface area contributed by atoms with Gasteiger partial charge < -0.3 is 62.7 Å². The molecular weight excluding hydrogens is 608 g/mol. The molecule has 0 unspecified atom stereocenters. The van der Waals surface area contributed by atoms with Crippen molar-refractivity contribution >= 4 is 12.0 Å². The SMILES string of the molecule is COCCOCCOCCOCCOCCOCCOCCOCCOCCOC(=O)N[C@H](COC)C(=O)NCc1ccccc1. The number of amides is 2. The minimum atomic E-state index is -0.880. The average Bonchev–Trinajstić information content (AvgIpc) is 3.07. The van der Waals surface area contributed by atoms with Crippen LogP contribution in [0.1, 0.15) is 5.56 Å². The topological polar surface area (TPSA) is 160 Å². The van der Waals surface area contributed by atoms with E-state index in [2.05, 4.69) is 10.6 Å². The van der Waals surface area contributed by atoms with Crippen molar-refractivity contribution in [2.24, 2.45) is 0 Å². The number of nitrogens with one attached hydrogen (secondary N) is 2. The van der Waals surface area contributed by atoms with Gasteiger partial charge in [-0.25, -0.2) is 4.79 Å². The maximum absolute atomic E-state index is 12.4. The largest absolute Gasteiger partial charge is 0.447 e. The van der Waals surface area contributed by atoms with Crippen LogP contribution < -0.4 is 10.6 Å². The molecule has 1 atom stereocenters. The first kappa shape index (κ1) is 41.6. The molecule has 2 amide bonds. The highest BCUT2D eigenvalue weighted by molar-refractivity contribution is 5.85. The van der Waals surface area contributed by atoms with Crippen LogP contribution in [0.15, 0.2) is 30.3 Å². The van der Waals surface area contributed by atoms with Crippen LogP contribution in [0.2, 0.25) is 0 Å². The molecule has 0 aliphatic rings. The summed E-state index contributed by atoms with van der Waals surface area (Å²) in [4.78, 5) is 24.5. The highest BCUT2D eigenvalue weighted by Crippen LogP contribution is 1.98. The normalized spacial score (nSPS) is 11.8. The Kier molecular flexibility index (Phi) is 29.4. The fourth-order valence-corrected chi connectivity index (χ4v) is 3.42. The Morgan fingerprint density at radius 2 is 0.935 bits per heavy atom. The maximum atomic E-state index is 12.4. The smallest absolute Gasteiger partial charge is 0.407 e. The Morgan fingerprint density at radius 3 is 1.33 bits per heavy atom. The van der Waals surface area contributed by atoms with E-state index in [1.165, 1.54) is 7.11 Å². The highest BCUT2D eigenvalue weighted by atomic mass is 16.6. The number of hydrogen-bond acceptors (Lipinski definition) is 13. The molecule has 0 aromatic heterocycles. The number of benzene rings is 1. The molecule has 1 aromatic carbocycles. The number of hydrogen-bond donors (Lipinski definition) is 2. The van der Waals surface area contributed by atoms with Gasteiger partial charge in [0.05, 0.1) is 119 Å². The quantitative estimate of drug-likeness (QED) is 0.102. The standard InChI is InChI=1S/C31H54N2O13/c1-36-8-9-38-10-11-39-12-13-40-14-15-41-16-17-42-18-19-43-20-21-44-22-23-45-24-25-46-31(35)33-29(27-37-2)30(34)32-26-28-6-4-3-5-7-28/h3-7,29H,8-27H2,1-2H3,(H,32,34)(H,33,35)/t29-/m1/s1. The van der Waals surface area contributed by atoms with Crippen molar-refractivity contribution in [3.63, 3.8) is 0 Å². The summed E-state index contributed by atoms with van der Waals surface area (Å²) in [5, 5.41) is 5.27. The molecule has 46 heavy (non-hydrogen) atoms. The number of carbonyl (C=O) groups excluding carboxylic acids is 2. The summed E-state index contributed by atoms with van der Waals surface area (Å²) in [7, 11) is 3.09. The van der Waals surface area contributed by atoms with Crippen LogP contribution in [0.5, 0.6) is 0 Å². The lowest BCUT2D eigenvalue weighted by Crippen LogP contribution is -2.49. The summed E-state index contributed by atoms with van der Waals surface area (Å²) in [5.41, 5.74) is 0.944. The van der Waals surface area contributed by atoms with E-state index >= 15 is 0 Å². The van der Waals surface area contributed by atoms with Crippen LogP contribution >= 0.6 is 0 Å². The third kappa shape index (κ3) is 26.7. The minimum Gasteiger partial charge on any atom is -0.447 e. The molecule has 0 aliphatic heterocycles. The lowest BCUT2D eigenvalue weighted by Gasteiger charge is -2.17. The first-order valence-corrected chi connectivity index (χ1v) is 15.5. The summed E-state index contributed by atoms with van der Waals surface area (Å²) in [6.45, 7) is 8.29. The van der Waals surface area contributed by atoms with Gasteiger partial charge in [0.25, 0.3) is 0 Å². The molecule has 0 aliphatic carbocycles. The second-order valence-corrected chi connectivity index (χ2v) is 9.38. The van der Waals surface area contributed by atoms with E-state index in [4.69, 9.17) is 52.1 Å². The van der Waals surface area contributed by atoms with Crippen molar-refractivity contribution in [1.82, 2.24) is 10.6 Å². The molecule has 0 spiro atoms. The summed E-state index contributed by atoms with van der Waals surface area (Å²) >= 11 is 0. The van der Waals surface area contributed by atoms with E-state index in [9.17, 15) is 9.59 Å². The van der Waals surface area contributed by atoms with Crippen LogP contribution in [-0.2, 0) is 63.4 Å². The minimum absolute atomic E-state index is 0.0115. The number of carbonyl (C=O) groups is 2. The van der Waals surface area contributed by atoms with E-state index in [1.54, 1.807) is 7.11 Å². The molecule has 15 nitrogen and oxygen atoms in total. The number of rotatable bonds is 33. The van der Waals surface area contributed by atoms with Crippen molar-refractivity contribution < 1.29 is 61.7 Å². The fourth-order valence-electron chi connectivity index (χ4n) is 3.42. The zero-order valence-corrected chi connectivity index (χ0v) is 27.4. The van der Waals surface area contributed by atoms with E-state index in [0.29, 0.717) is 112 Å². The fraction of sp³-hybridized carbons (Fsp3) is 0.742. The maximum Gasteiger partial charge on any atom is 0.407 e. The van der Waals surface area contributed by atoms with Crippen molar-refractivity contribution in [3.05, 3.63) is 35.9 Å². The van der Waals surface area contributed by atoms with Crippen molar-refractivity contribution in [2.45, 2.75) is 12.6 Å². The number of ether oxygens (including phenoxy) is 11. The molecular formula is C31H54N2O13. The third-order valence-electron chi connectivity index (χ3n) is 5.75. The zero-order chi connectivity index (χ0) is 33.2. The van der Waals surface area contributed by atoms with Gasteiger partial charge in [0, 0.05) is 20.8 Å². The number of alkyl carbamates (subject to hydrolysis) is 1. The Bertz CT molecular complexity index is 823. The Balaban J connectivity index is 1.81. The monoisotopic (exact) mass is 662 g/mol. The van der Waals surface area contributed by atoms with Gasteiger partial charge in [-0.05, 0) is 5.56 Å². The van der Waals surface area contributed by atoms with Crippen LogP contribution in [0.3, 0.4) is 0 Å². The lowest BCUT2D eigenvalue weighted by atomic mass is 10.2. The first-order chi connectivity index (χ1) is 22.7. The van der Waals surface area contributed by atoms with Gasteiger partial charge in [-0.1, -0.05) is 30.3 Å². The molecule has 0 radical (unpaired) electrons. The van der Waals surface area contributed by atoms with E-state index in [1.807, 2.05) is 30.3 Å². The summed E-state index contributed by atoms with van der Waals surface area (Å²) in [5.74, 6) is -0.370. The highest BCUT2D eigenvalue weighted by Gasteiger charge is 2.21. The third-order valence-corrected chi connectivity index (χ3v) is 5.75. The molecule has 1 rings (SSSR count). The first-order valence-electron chi connectivity index (χ1n) is 15.5. The van der Waals surface area contributed by atoms with Gasteiger partial charge in [0.15, 0.2) is 0 Å². The van der Waals surface area contributed by atoms with Crippen molar-refractivity contribution in [2.75, 3.05) is 140 Å². The van der Waals surface area contributed by atoms with Gasteiger partial charge in [-0.2, -0.15) is 0 Å². The summed E-state index contributed by atoms with van der Waals surface area (Å²) in [6, 6.07) is 8.57. The van der Waals surface area contributed by atoms with Crippen LogP contribution in [0.25, 0.3) is 0 Å². The predicted molar refractivity (Wildman–Crippen MR) is 167 cm³/mol. The Morgan fingerprint density at radius 1 is 0.543 bits per heavy atom. The van der Waals surface area contributed by atoms with Crippen molar-refractivity contribution in [3.8, 4) is 0 Å². The average molecular weight is 663 g/mol. The number of methoxy groups -OCH3 is 2. The van der Waals surface area contributed by atoms with E-state index < -0.39 is 12.1 Å². The molecule has 0 saturated heterocycles. The second-order valence-electron chi connectivity index (χ2n) is 9.38. The lowest BCUT2D eigenvalue weighted by molar-refractivity contribution is -0.124. The van der Waals surface area contributed by atoms with Crippen molar-refractivity contribution in [1.29, 1.82) is 0 Å². The van der Waals surface area contributed by atoms with Gasteiger partial charge in [0.2, 0.25) is 5.91 Å². The molecule has 0 fully saturated rings. The Labute approximate surface area is 272 Å². The predicted octanol–water partition coefficient (Wildman–Crippen LogP) is 0.823. The molecule has 15 heteroatoms. The summed E-state index contributed by atoms with van der Waals surface area (Å²) < 4.78 is 58.3. The van der Waals surface area contributed by atoms with Gasteiger partial charge in [-0.3, -0.25) is 4.79 Å². The van der Waals surface area contributed by atoms with E-state index in [0.717, 1.165) is 5.56 Å². The molecule has 0 bridgehead atoms. The van der Waals surface area contributed by atoms with Gasteiger partial charge >= 0.3 is 6.09 Å². The molecule has 2 N–H and O–H groups in total. The van der Waals surface area contributed by atoms with Crippen LogP contribution in [0.4, 0.5) is 4.79 Å². The second kappa shape index (κ2) is 32.5. The van der Waals surface area contributed by atoms with Crippen LogP contribution in [0, 0.1) is 0 Å². The molecule has 0 heterocycles. The molecule has 266 valence electrons. The molecule has 1 aromatic rings. The van der Waals surface area contributed by atoms with Crippen LogP contribution in [-0.4, -0.2) is 158 Å². The molecule has 0 saturated carbocycles. The van der Waals surface area contributed by atoms with Gasteiger partial charge in [-0.15, -0.1) is 0 Å². The van der Waals surface area contributed by atoms with E-state index in [-0.39, 0.29) is 25.7 Å². The van der Waals surface area contributed by atoms with Gasteiger partial charge in [0.1, 0.15) is 12.6 Å². The summed E-state index contributed by atoms with van der Waals surface area (Å²) in [6.07, 6.45) is -0.732.